The topological polar surface area (TPSA) is 77.0 Å². The van der Waals surface area contributed by atoms with Crippen LogP contribution in [0.3, 0.4) is 0 Å². The molecular formula is C17H23N5O. The molecule has 3 rings (SSSR count). The summed E-state index contributed by atoms with van der Waals surface area (Å²) in [6.45, 7) is 5.50. The lowest BCUT2D eigenvalue weighted by atomic mass is 9.92. The van der Waals surface area contributed by atoms with Crippen LogP contribution in [0, 0.1) is 12.8 Å². The van der Waals surface area contributed by atoms with E-state index >= 15 is 0 Å². The summed E-state index contributed by atoms with van der Waals surface area (Å²) in [7, 11) is 0. The molecule has 2 N–H and O–H groups in total. The van der Waals surface area contributed by atoms with Crippen LogP contribution in [0.2, 0.25) is 0 Å². The average molecular weight is 313 g/mol. The van der Waals surface area contributed by atoms with Gasteiger partial charge in [-0.2, -0.15) is 0 Å². The first-order chi connectivity index (χ1) is 11.0. The van der Waals surface area contributed by atoms with Crippen molar-refractivity contribution in [1.29, 1.82) is 0 Å². The van der Waals surface area contributed by atoms with Crippen molar-refractivity contribution >= 4 is 5.91 Å². The molecule has 2 atom stereocenters. The molecule has 2 unspecified atom stereocenters. The molecule has 0 aliphatic carbocycles. The van der Waals surface area contributed by atoms with Gasteiger partial charge < -0.3 is 10.6 Å². The lowest BCUT2D eigenvalue weighted by Crippen LogP contribution is -2.45. The third-order valence-electron chi connectivity index (χ3n) is 4.50. The van der Waals surface area contributed by atoms with Gasteiger partial charge in [0, 0.05) is 19.1 Å². The molecule has 1 aromatic carbocycles. The standard InChI is InChI=1S/C17H23N5O/c1-12-5-7-15(8-6-12)22-11-16(19-20-22)17(23)21-9-3-4-14(10-21)13(2)18/h5-8,11,13-14H,3-4,9-10,18H2,1-2H3. The second-order valence-corrected chi connectivity index (χ2v) is 6.40. The number of nitrogens with two attached hydrogens (primary N) is 1. The van der Waals surface area contributed by atoms with Crippen LogP contribution < -0.4 is 5.73 Å². The number of piperidine rings is 1. The Labute approximate surface area is 136 Å². The third kappa shape index (κ3) is 3.42. The van der Waals surface area contributed by atoms with E-state index in [1.54, 1.807) is 10.9 Å². The highest BCUT2D eigenvalue weighted by Gasteiger charge is 2.27. The molecule has 2 heterocycles. The van der Waals surface area contributed by atoms with Crippen LogP contribution in [-0.2, 0) is 0 Å². The molecular weight excluding hydrogens is 290 g/mol. The number of aryl methyl sites for hydroxylation is 1. The Kier molecular flexibility index (Phi) is 4.43. The van der Waals surface area contributed by atoms with Crippen LogP contribution >= 0.6 is 0 Å². The monoisotopic (exact) mass is 313 g/mol. The van der Waals surface area contributed by atoms with Crippen molar-refractivity contribution in [3.63, 3.8) is 0 Å². The first kappa shape index (κ1) is 15.7. The molecule has 0 saturated carbocycles. The molecule has 1 aliphatic rings. The second-order valence-electron chi connectivity index (χ2n) is 6.40. The van der Waals surface area contributed by atoms with Gasteiger partial charge in [-0.3, -0.25) is 4.79 Å². The fraction of sp³-hybridized carbons (Fsp3) is 0.471. The van der Waals surface area contributed by atoms with Gasteiger partial charge >= 0.3 is 0 Å². The van der Waals surface area contributed by atoms with Crippen LogP contribution in [-0.4, -0.2) is 44.9 Å². The van der Waals surface area contributed by atoms with Crippen molar-refractivity contribution in [2.24, 2.45) is 11.7 Å². The Balaban J connectivity index is 1.74. The van der Waals surface area contributed by atoms with Gasteiger partial charge in [0.05, 0.1) is 11.9 Å². The van der Waals surface area contributed by atoms with E-state index in [-0.39, 0.29) is 11.9 Å². The van der Waals surface area contributed by atoms with Gasteiger partial charge in [-0.15, -0.1) is 5.10 Å². The highest BCUT2D eigenvalue weighted by Crippen LogP contribution is 2.20. The van der Waals surface area contributed by atoms with Crippen molar-refractivity contribution in [2.45, 2.75) is 32.7 Å². The summed E-state index contributed by atoms with van der Waals surface area (Å²) in [6.07, 6.45) is 3.77. The first-order valence-electron chi connectivity index (χ1n) is 8.09. The Morgan fingerprint density at radius 3 is 2.78 bits per heavy atom. The number of likely N-dealkylation sites (tertiary alicyclic amines) is 1. The molecule has 0 bridgehead atoms. The number of aromatic nitrogens is 3. The zero-order chi connectivity index (χ0) is 16.4. The van der Waals surface area contributed by atoms with Gasteiger partial charge in [-0.05, 0) is 44.7 Å². The molecule has 2 aromatic rings. The van der Waals surface area contributed by atoms with E-state index in [1.165, 1.54) is 5.56 Å². The molecule has 1 aromatic heterocycles. The highest BCUT2D eigenvalue weighted by atomic mass is 16.2. The van der Waals surface area contributed by atoms with Crippen LogP contribution in [0.15, 0.2) is 30.5 Å². The molecule has 23 heavy (non-hydrogen) atoms. The maximum Gasteiger partial charge on any atom is 0.276 e. The van der Waals surface area contributed by atoms with E-state index in [1.807, 2.05) is 43.0 Å². The minimum absolute atomic E-state index is 0.0614. The normalized spacial score (nSPS) is 19.6. The minimum atomic E-state index is -0.0614. The van der Waals surface area contributed by atoms with E-state index in [2.05, 4.69) is 10.3 Å². The van der Waals surface area contributed by atoms with E-state index in [4.69, 9.17) is 5.73 Å². The number of carbonyl (C=O) groups is 1. The molecule has 0 radical (unpaired) electrons. The van der Waals surface area contributed by atoms with Crippen LogP contribution in [0.1, 0.15) is 35.8 Å². The molecule has 6 nitrogen and oxygen atoms in total. The third-order valence-corrected chi connectivity index (χ3v) is 4.50. The minimum Gasteiger partial charge on any atom is -0.337 e. The number of carbonyl (C=O) groups excluding carboxylic acids is 1. The highest BCUT2D eigenvalue weighted by molar-refractivity contribution is 5.92. The fourth-order valence-electron chi connectivity index (χ4n) is 2.97. The Bertz CT molecular complexity index is 677. The zero-order valence-electron chi connectivity index (χ0n) is 13.6. The molecule has 0 spiro atoms. The Hall–Kier alpha value is -2.21. The Morgan fingerprint density at radius 2 is 2.09 bits per heavy atom. The molecule has 1 fully saturated rings. The number of rotatable bonds is 3. The van der Waals surface area contributed by atoms with Crippen molar-refractivity contribution in [3.8, 4) is 5.69 Å². The summed E-state index contributed by atoms with van der Waals surface area (Å²) >= 11 is 0. The van der Waals surface area contributed by atoms with Crippen LogP contribution in [0.4, 0.5) is 0 Å². The van der Waals surface area contributed by atoms with E-state index in [9.17, 15) is 4.79 Å². The largest absolute Gasteiger partial charge is 0.337 e. The van der Waals surface area contributed by atoms with Gasteiger partial charge in [0.25, 0.3) is 5.91 Å². The van der Waals surface area contributed by atoms with E-state index in [0.717, 1.165) is 25.1 Å². The summed E-state index contributed by atoms with van der Waals surface area (Å²) in [5.41, 5.74) is 8.45. The fourth-order valence-corrected chi connectivity index (χ4v) is 2.97. The van der Waals surface area contributed by atoms with Crippen molar-refractivity contribution < 1.29 is 4.79 Å². The second kappa shape index (κ2) is 6.50. The average Bonchev–Trinajstić information content (AvgIpc) is 3.05. The molecule has 1 saturated heterocycles. The number of benzene rings is 1. The van der Waals surface area contributed by atoms with Crippen molar-refractivity contribution in [1.82, 2.24) is 19.9 Å². The number of hydrogen-bond donors (Lipinski definition) is 1. The number of hydrogen-bond acceptors (Lipinski definition) is 4. The van der Waals surface area contributed by atoms with Crippen molar-refractivity contribution in [3.05, 3.63) is 41.7 Å². The van der Waals surface area contributed by atoms with Crippen LogP contribution in [0.25, 0.3) is 5.69 Å². The maximum absolute atomic E-state index is 12.6. The lowest BCUT2D eigenvalue weighted by Gasteiger charge is -2.34. The lowest BCUT2D eigenvalue weighted by molar-refractivity contribution is 0.0655. The summed E-state index contributed by atoms with van der Waals surface area (Å²) in [5.74, 6) is 0.300. The van der Waals surface area contributed by atoms with Gasteiger partial charge in [0.15, 0.2) is 5.69 Å². The maximum atomic E-state index is 12.6. The van der Waals surface area contributed by atoms with Gasteiger partial charge in [0.2, 0.25) is 0 Å². The number of amides is 1. The van der Waals surface area contributed by atoms with E-state index < -0.39 is 0 Å². The molecule has 122 valence electrons. The first-order valence-corrected chi connectivity index (χ1v) is 8.09. The predicted octanol–water partition coefficient (Wildman–Crippen LogP) is 1.78. The summed E-state index contributed by atoms with van der Waals surface area (Å²) in [6, 6.07) is 8.05. The zero-order valence-corrected chi connectivity index (χ0v) is 13.6. The summed E-state index contributed by atoms with van der Waals surface area (Å²) in [4.78, 5) is 14.5. The van der Waals surface area contributed by atoms with Gasteiger partial charge in [-0.25, -0.2) is 4.68 Å². The Morgan fingerprint density at radius 1 is 1.35 bits per heavy atom. The van der Waals surface area contributed by atoms with Crippen molar-refractivity contribution in [2.75, 3.05) is 13.1 Å². The van der Waals surface area contributed by atoms with E-state index in [0.29, 0.717) is 18.2 Å². The summed E-state index contributed by atoms with van der Waals surface area (Å²) < 4.78 is 1.64. The van der Waals surface area contributed by atoms with Crippen LogP contribution in [0.5, 0.6) is 0 Å². The molecule has 1 amide bonds. The SMILES string of the molecule is Cc1ccc(-n2cc(C(=O)N3CCCC(C(C)N)C3)nn2)cc1. The number of nitrogens with zero attached hydrogens (tertiary/aromatic N) is 4. The molecule has 1 aliphatic heterocycles. The predicted molar refractivity (Wildman–Crippen MR) is 88.4 cm³/mol. The summed E-state index contributed by atoms with van der Waals surface area (Å²) in [5, 5.41) is 8.13. The molecule has 6 heteroatoms. The van der Waals surface area contributed by atoms with Gasteiger partial charge in [0.1, 0.15) is 0 Å². The quantitative estimate of drug-likeness (QED) is 0.937. The van der Waals surface area contributed by atoms with Gasteiger partial charge in [-0.1, -0.05) is 22.9 Å². The smallest absolute Gasteiger partial charge is 0.276 e.